The number of aromatic nitrogens is 1. The maximum atomic E-state index is 12.5. The number of thiophene rings is 1. The normalized spacial score (nSPS) is 11.4. The van der Waals surface area contributed by atoms with Crippen LogP contribution in [0.1, 0.15) is 9.75 Å². The molecule has 5 nitrogen and oxygen atoms in total. The smallest absolute Gasteiger partial charge is 0.263 e. The van der Waals surface area contributed by atoms with E-state index in [2.05, 4.69) is 9.71 Å². The van der Waals surface area contributed by atoms with Crippen LogP contribution in [0.25, 0.3) is 0 Å². The van der Waals surface area contributed by atoms with Crippen molar-refractivity contribution in [1.82, 2.24) is 4.98 Å². The van der Waals surface area contributed by atoms with Crippen LogP contribution in [0.15, 0.2) is 29.3 Å². The highest BCUT2D eigenvalue weighted by Gasteiger charge is 2.21. The maximum Gasteiger partial charge on any atom is 0.263 e. The van der Waals surface area contributed by atoms with Crippen LogP contribution in [0, 0.1) is 13.8 Å². The number of nitrogens with zero attached hydrogens (tertiary/aromatic N) is 2. The molecule has 2 heterocycles. The molecule has 0 fully saturated rings. The SMILES string of the molecule is Cc1cc(S(=O)(=O)Nc2cccnc2N(C)C)c(C)s1. The Morgan fingerprint density at radius 1 is 1.30 bits per heavy atom. The molecule has 2 rings (SSSR count). The van der Waals surface area contributed by atoms with Crippen LogP contribution in [0.5, 0.6) is 0 Å². The first-order chi connectivity index (χ1) is 9.31. The lowest BCUT2D eigenvalue weighted by atomic mass is 10.4. The average molecular weight is 311 g/mol. The lowest BCUT2D eigenvalue weighted by Gasteiger charge is -2.16. The molecule has 0 amide bonds. The minimum Gasteiger partial charge on any atom is -0.361 e. The fraction of sp³-hybridized carbons (Fsp3) is 0.308. The van der Waals surface area contributed by atoms with Crippen molar-refractivity contribution >= 4 is 32.9 Å². The molecule has 108 valence electrons. The van der Waals surface area contributed by atoms with Crippen LogP contribution in [-0.4, -0.2) is 27.5 Å². The molecule has 7 heteroatoms. The lowest BCUT2D eigenvalue weighted by Crippen LogP contribution is -2.18. The second-order valence-corrected chi connectivity index (χ2v) is 7.76. The third kappa shape index (κ3) is 2.94. The molecule has 0 aromatic carbocycles. The number of hydrogen-bond donors (Lipinski definition) is 1. The zero-order chi connectivity index (χ0) is 14.9. The highest BCUT2D eigenvalue weighted by atomic mass is 32.2. The van der Waals surface area contributed by atoms with E-state index >= 15 is 0 Å². The van der Waals surface area contributed by atoms with Crippen molar-refractivity contribution in [2.45, 2.75) is 18.7 Å². The summed E-state index contributed by atoms with van der Waals surface area (Å²) in [4.78, 5) is 8.04. The monoisotopic (exact) mass is 311 g/mol. The van der Waals surface area contributed by atoms with E-state index < -0.39 is 10.0 Å². The van der Waals surface area contributed by atoms with Gasteiger partial charge in [-0.1, -0.05) is 0 Å². The van der Waals surface area contributed by atoms with Gasteiger partial charge in [-0.2, -0.15) is 0 Å². The van der Waals surface area contributed by atoms with Crippen LogP contribution < -0.4 is 9.62 Å². The highest BCUT2D eigenvalue weighted by Crippen LogP contribution is 2.29. The molecule has 0 radical (unpaired) electrons. The molecule has 0 spiro atoms. The van der Waals surface area contributed by atoms with Crippen molar-refractivity contribution in [3.05, 3.63) is 34.2 Å². The van der Waals surface area contributed by atoms with Gasteiger partial charge in [0.2, 0.25) is 0 Å². The van der Waals surface area contributed by atoms with E-state index in [1.165, 1.54) is 11.3 Å². The summed E-state index contributed by atoms with van der Waals surface area (Å²) in [5, 5.41) is 0. The van der Waals surface area contributed by atoms with Crippen LogP contribution >= 0.6 is 11.3 Å². The Morgan fingerprint density at radius 2 is 2.00 bits per heavy atom. The Balaban J connectivity index is 2.41. The van der Waals surface area contributed by atoms with E-state index in [0.29, 0.717) is 16.4 Å². The molecular weight excluding hydrogens is 294 g/mol. The number of nitrogens with one attached hydrogen (secondary N) is 1. The lowest BCUT2D eigenvalue weighted by molar-refractivity contribution is 0.601. The topological polar surface area (TPSA) is 62.3 Å². The molecule has 0 atom stereocenters. The quantitative estimate of drug-likeness (QED) is 0.943. The number of rotatable bonds is 4. The Morgan fingerprint density at radius 3 is 2.55 bits per heavy atom. The minimum absolute atomic E-state index is 0.327. The second kappa shape index (κ2) is 5.41. The van der Waals surface area contributed by atoms with Gasteiger partial charge in [0.15, 0.2) is 5.82 Å². The molecule has 2 aromatic heterocycles. The van der Waals surface area contributed by atoms with Crippen molar-refractivity contribution < 1.29 is 8.42 Å². The number of pyridine rings is 1. The zero-order valence-corrected chi connectivity index (χ0v) is 13.5. The van der Waals surface area contributed by atoms with E-state index in [-0.39, 0.29) is 0 Å². The summed E-state index contributed by atoms with van der Waals surface area (Å²) in [6, 6.07) is 5.10. The van der Waals surface area contributed by atoms with Gasteiger partial charge >= 0.3 is 0 Å². The summed E-state index contributed by atoms with van der Waals surface area (Å²) < 4.78 is 27.5. The Hall–Kier alpha value is -1.60. The summed E-state index contributed by atoms with van der Waals surface area (Å²) in [6.45, 7) is 3.70. The first-order valence-corrected chi connectivity index (χ1v) is 8.33. The Kier molecular flexibility index (Phi) is 4.01. The first kappa shape index (κ1) is 14.8. The van der Waals surface area contributed by atoms with Gasteiger partial charge in [0.25, 0.3) is 10.0 Å². The first-order valence-electron chi connectivity index (χ1n) is 6.03. The van der Waals surface area contributed by atoms with Gasteiger partial charge in [0, 0.05) is 30.0 Å². The van der Waals surface area contributed by atoms with Gasteiger partial charge in [-0.05, 0) is 32.0 Å². The van der Waals surface area contributed by atoms with Crippen molar-refractivity contribution in [3.63, 3.8) is 0 Å². The van der Waals surface area contributed by atoms with Gasteiger partial charge < -0.3 is 4.90 Å². The van der Waals surface area contributed by atoms with Crippen LogP contribution in [0.4, 0.5) is 11.5 Å². The van der Waals surface area contributed by atoms with Gasteiger partial charge in [0.1, 0.15) is 4.90 Å². The number of sulfonamides is 1. The van der Waals surface area contributed by atoms with E-state index in [1.807, 2.05) is 27.9 Å². The van der Waals surface area contributed by atoms with Gasteiger partial charge in [-0.25, -0.2) is 13.4 Å². The highest BCUT2D eigenvalue weighted by molar-refractivity contribution is 7.93. The molecule has 1 N–H and O–H groups in total. The molecule has 2 aromatic rings. The second-order valence-electron chi connectivity index (χ2n) is 4.65. The predicted molar refractivity (Wildman–Crippen MR) is 83.2 cm³/mol. The summed E-state index contributed by atoms with van der Waals surface area (Å²) >= 11 is 1.47. The molecule has 0 bridgehead atoms. The molecule has 0 saturated carbocycles. The third-order valence-corrected chi connectivity index (χ3v) is 5.33. The van der Waals surface area contributed by atoms with Crippen LogP contribution in [0.3, 0.4) is 0 Å². The molecular formula is C13H17N3O2S2. The fourth-order valence-electron chi connectivity index (χ4n) is 1.91. The number of hydrogen-bond acceptors (Lipinski definition) is 5. The van der Waals surface area contributed by atoms with Gasteiger partial charge in [0.05, 0.1) is 5.69 Å². The van der Waals surface area contributed by atoms with Crippen molar-refractivity contribution in [1.29, 1.82) is 0 Å². The van der Waals surface area contributed by atoms with E-state index in [9.17, 15) is 8.42 Å². The molecule has 20 heavy (non-hydrogen) atoms. The summed E-state index contributed by atoms with van der Waals surface area (Å²) in [5.41, 5.74) is 0.473. The minimum atomic E-state index is -3.59. The fourth-order valence-corrected chi connectivity index (χ4v) is 4.52. The number of aryl methyl sites for hydroxylation is 2. The molecule has 0 aliphatic heterocycles. The summed E-state index contributed by atoms with van der Waals surface area (Å²) in [7, 11) is 0.0537. The Bertz CT molecular complexity index is 721. The van der Waals surface area contributed by atoms with E-state index in [1.54, 1.807) is 29.3 Å². The average Bonchev–Trinajstić information content (AvgIpc) is 2.69. The molecule has 0 saturated heterocycles. The van der Waals surface area contributed by atoms with Gasteiger partial charge in [-0.3, -0.25) is 4.72 Å². The molecule has 0 aliphatic carbocycles. The summed E-state index contributed by atoms with van der Waals surface area (Å²) in [5.74, 6) is 0.584. The standard InChI is InChI=1S/C13H17N3O2S2/c1-9-8-12(10(2)19-9)20(17,18)15-11-6-5-7-14-13(11)16(3)4/h5-8,15H,1-4H3. The number of anilines is 2. The summed E-state index contributed by atoms with van der Waals surface area (Å²) in [6.07, 6.45) is 1.63. The Labute approximate surface area is 123 Å². The zero-order valence-electron chi connectivity index (χ0n) is 11.8. The van der Waals surface area contributed by atoms with Crippen molar-refractivity contribution in [2.24, 2.45) is 0 Å². The van der Waals surface area contributed by atoms with Crippen LogP contribution in [-0.2, 0) is 10.0 Å². The maximum absolute atomic E-state index is 12.5. The molecule has 0 unspecified atom stereocenters. The van der Waals surface area contributed by atoms with E-state index in [4.69, 9.17) is 0 Å². The van der Waals surface area contributed by atoms with E-state index in [0.717, 1.165) is 9.75 Å². The van der Waals surface area contributed by atoms with Gasteiger partial charge in [-0.15, -0.1) is 11.3 Å². The molecule has 0 aliphatic rings. The third-order valence-electron chi connectivity index (χ3n) is 2.74. The predicted octanol–water partition coefficient (Wildman–Crippen LogP) is 2.63. The largest absolute Gasteiger partial charge is 0.361 e. The van der Waals surface area contributed by atoms with Crippen molar-refractivity contribution in [2.75, 3.05) is 23.7 Å². The van der Waals surface area contributed by atoms with Crippen molar-refractivity contribution in [3.8, 4) is 0 Å². The van der Waals surface area contributed by atoms with Crippen LogP contribution in [0.2, 0.25) is 0 Å².